The number of halogens is 1. The molecule has 0 saturated carbocycles. The normalized spacial score (nSPS) is 12.9. The van der Waals surface area contributed by atoms with Gasteiger partial charge in [0.15, 0.2) is 9.84 Å². The first-order valence-corrected chi connectivity index (χ1v) is 9.44. The Labute approximate surface area is 141 Å². The molecule has 2 rings (SSSR count). The van der Waals surface area contributed by atoms with E-state index in [1.54, 1.807) is 12.1 Å². The number of benzene rings is 2. The van der Waals surface area contributed by atoms with E-state index in [9.17, 15) is 17.6 Å². The molecule has 2 aromatic carbocycles. The van der Waals surface area contributed by atoms with Gasteiger partial charge in [0, 0.05) is 11.8 Å². The van der Waals surface area contributed by atoms with E-state index in [1.165, 1.54) is 36.4 Å². The molecule has 6 heteroatoms. The highest BCUT2D eigenvalue weighted by Gasteiger charge is 2.19. The Bertz CT molecular complexity index is 812. The monoisotopic (exact) mass is 349 g/mol. The maximum atomic E-state index is 13.1. The quantitative estimate of drug-likeness (QED) is 0.900. The van der Waals surface area contributed by atoms with E-state index < -0.39 is 9.84 Å². The van der Waals surface area contributed by atoms with Crippen LogP contribution in [0, 0.1) is 11.7 Å². The van der Waals surface area contributed by atoms with Crippen molar-refractivity contribution < 1.29 is 17.6 Å². The van der Waals surface area contributed by atoms with E-state index in [-0.39, 0.29) is 28.6 Å². The zero-order chi connectivity index (χ0) is 17.9. The lowest BCUT2D eigenvalue weighted by molar-refractivity contribution is 0.0925. The van der Waals surface area contributed by atoms with Crippen LogP contribution >= 0.6 is 0 Å². The van der Waals surface area contributed by atoms with Crippen molar-refractivity contribution in [3.63, 3.8) is 0 Å². The lowest BCUT2D eigenvalue weighted by Gasteiger charge is -2.23. The van der Waals surface area contributed by atoms with E-state index in [0.29, 0.717) is 5.56 Å². The number of rotatable bonds is 5. The maximum absolute atomic E-state index is 13.1. The van der Waals surface area contributed by atoms with Crippen molar-refractivity contribution in [2.45, 2.75) is 24.8 Å². The largest absolute Gasteiger partial charge is 0.345 e. The highest BCUT2D eigenvalue weighted by Crippen LogP contribution is 2.22. The Hall–Kier alpha value is -2.21. The Morgan fingerprint density at radius 2 is 1.54 bits per heavy atom. The summed E-state index contributed by atoms with van der Waals surface area (Å²) >= 11 is 0. The van der Waals surface area contributed by atoms with Gasteiger partial charge in [-0.05, 0) is 47.9 Å². The van der Waals surface area contributed by atoms with Gasteiger partial charge in [-0.2, -0.15) is 0 Å². The lowest BCUT2D eigenvalue weighted by atomic mass is 9.95. The van der Waals surface area contributed by atoms with Crippen molar-refractivity contribution in [3.8, 4) is 0 Å². The van der Waals surface area contributed by atoms with Gasteiger partial charge in [-0.25, -0.2) is 12.8 Å². The Kier molecular flexibility index (Phi) is 5.39. The standard InChI is InChI=1S/C18H20FNO3S/c1-12(2)17(13-4-8-15(19)9-5-13)20-18(21)14-6-10-16(11-7-14)24(3,22)23/h4-12,17H,1-3H3,(H,20,21). The number of carbonyl (C=O) groups excluding carboxylic acids is 1. The summed E-state index contributed by atoms with van der Waals surface area (Å²) in [6, 6.07) is 11.5. The molecule has 128 valence electrons. The molecule has 0 heterocycles. The molecule has 2 aromatic rings. The SMILES string of the molecule is CC(C)C(NC(=O)c1ccc(S(C)(=O)=O)cc1)c1ccc(F)cc1. The van der Waals surface area contributed by atoms with Crippen LogP contribution in [-0.2, 0) is 9.84 Å². The second-order valence-corrected chi connectivity index (χ2v) is 8.06. The van der Waals surface area contributed by atoms with Crippen molar-refractivity contribution >= 4 is 15.7 Å². The van der Waals surface area contributed by atoms with Crippen LogP contribution in [0.15, 0.2) is 53.4 Å². The van der Waals surface area contributed by atoms with Crippen molar-refractivity contribution in [1.29, 1.82) is 0 Å². The summed E-state index contributed by atoms with van der Waals surface area (Å²) in [4.78, 5) is 12.6. The van der Waals surface area contributed by atoms with Crippen LogP contribution in [0.1, 0.15) is 35.8 Å². The van der Waals surface area contributed by atoms with Crippen LogP contribution in [0.5, 0.6) is 0 Å². The molecule has 1 atom stereocenters. The average Bonchev–Trinajstić information content (AvgIpc) is 2.52. The number of amides is 1. The Morgan fingerprint density at radius 1 is 1.00 bits per heavy atom. The molecular formula is C18H20FNO3S. The van der Waals surface area contributed by atoms with Gasteiger partial charge in [0.05, 0.1) is 10.9 Å². The number of sulfone groups is 1. The molecule has 0 aliphatic carbocycles. The summed E-state index contributed by atoms with van der Waals surface area (Å²) < 4.78 is 36.0. The Morgan fingerprint density at radius 3 is 2.00 bits per heavy atom. The van der Waals surface area contributed by atoms with E-state index >= 15 is 0 Å². The molecular weight excluding hydrogens is 329 g/mol. The van der Waals surface area contributed by atoms with Gasteiger partial charge in [0.2, 0.25) is 0 Å². The fraction of sp³-hybridized carbons (Fsp3) is 0.278. The third-order valence-corrected chi connectivity index (χ3v) is 4.86. The molecule has 0 saturated heterocycles. The number of hydrogen-bond donors (Lipinski definition) is 1. The first-order valence-electron chi connectivity index (χ1n) is 7.55. The van der Waals surface area contributed by atoms with Gasteiger partial charge >= 0.3 is 0 Å². The van der Waals surface area contributed by atoms with Crippen molar-refractivity contribution in [3.05, 3.63) is 65.5 Å². The first kappa shape index (κ1) is 18.1. The minimum atomic E-state index is -3.30. The summed E-state index contributed by atoms with van der Waals surface area (Å²) in [6.45, 7) is 3.92. The fourth-order valence-corrected chi connectivity index (χ4v) is 3.01. The molecule has 24 heavy (non-hydrogen) atoms. The molecule has 1 unspecified atom stereocenters. The number of carbonyl (C=O) groups is 1. The predicted octanol–water partition coefficient (Wildman–Crippen LogP) is 3.36. The topological polar surface area (TPSA) is 63.2 Å². The molecule has 0 radical (unpaired) electrons. The lowest BCUT2D eigenvalue weighted by Crippen LogP contribution is -2.31. The van der Waals surface area contributed by atoms with E-state index in [4.69, 9.17) is 0 Å². The van der Waals surface area contributed by atoms with Crippen LogP contribution in [0.25, 0.3) is 0 Å². The zero-order valence-electron chi connectivity index (χ0n) is 13.8. The van der Waals surface area contributed by atoms with E-state index in [1.807, 2.05) is 13.8 Å². The summed E-state index contributed by atoms with van der Waals surface area (Å²) in [7, 11) is -3.30. The van der Waals surface area contributed by atoms with Crippen LogP contribution in [0.3, 0.4) is 0 Å². The minimum absolute atomic E-state index is 0.106. The highest BCUT2D eigenvalue weighted by molar-refractivity contribution is 7.90. The van der Waals surface area contributed by atoms with E-state index in [0.717, 1.165) is 11.8 Å². The maximum Gasteiger partial charge on any atom is 0.251 e. The third-order valence-electron chi connectivity index (χ3n) is 3.73. The van der Waals surface area contributed by atoms with Gasteiger partial charge < -0.3 is 5.32 Å². The predicted molar refractivity (Wildman–Crippen MR) is 91.0 cm³/mol. The minimum Gasteiger partial charge on any atom is -0.345 e. The summed E-state index contributed by atoms with van der Waals surface area (Å²) in [6.07, 6.45) is 1.12. The second kappa shape index (κ2) is 7.13. The average molecular weight is 349 g/mol. The van der Waals surface area contributed by atoms with Crippen molar-refractivity contribution in [1.82, 2.24) is 5.32 Å². The number of nitrogens with one attached hydrogen (secondary N) is 1. The molecule has 0 spiro atoms. The highest BCUT2D eigenvalue weighted by atomic mass is 32.2. The van der Waals surface area contributed by atoms with Gasteiger partial charge in [-0.3, -0.25) is 4.79 Å². The van der Waals surface area contributed by atoms with Crippen LogP contribution in [-0.4, -0.2) is 20.6 Å². The van der Waals surface area contributed by atoms with E-state index in [2.05, 4.69) is 5.32 Å². The molecule has 1 amide bonds. The van der Waals surface area contributed by atoms with Gasteiger partial charge in [0.25, 0.3) is 5.91 Å². The molecule has 0 bridgehead atoms. The van der Waals surface area contributed by atoms with Crippen molar-refractivity contribution in [2.75, 3.05) is 6.26 Å². The molecule has 4 nitrogen and oxygen atoms in total. The Balaban J connectivity index is 2.20. The molecule has 0 aliphatic rings. The van der Waals surface area contributed by atoms with Crippen LogP contribution in [0.4, 0.5) is 4.39 Å². The second-order valence-electron chi connectivity index (χ2n) is 6.04. The molecule has 0 fully saturated rings. The van der Waals surface area contributed by atoms with Crippen molar-refractivity contribution in [2.24, 2.45) is 5.92 Å². The summed E-state index contributed by atoms with van der Waals surface area (Å²) in [5, 5.41) is 2.92. The van der Waals surface area contributed by atoms with Gasteiger partial charge in [-0.1, -0.05) is 26.0 Å². The molecule has 0 aromatic heterocycles. The first-order chi connectivity index (χ1) is 11.2. The summed E-state index contributed by atoms with van der Waals surface area (Å²) in [5.41, 5.74) is 1.18. The smallest absolute Gasteiger partial charge is 0.251 e. The molecule has 0 aliphatic heterocycles. The van der Waals surface area contributed by atoms with Gasteiger partial charge in [-0.15, -0.1) is 0 Å². The summed E-state index contributed by atoms with van der Waals surface area (Å²) in [5.74, 6) is -0.531. The number of hydrogen-bond acceptors (Lipinski definition) is 3. The van der Waals surface area contributed by atoms with Crippen LogP contribution in [0.2, 0.25) is 0 Å². The van der Waals surface area contributed by atoms with Gasteiger partial charge in [0.1, 0.15) is 5.82 Å². The van der Waals surface area contributed by atoms with Crippen LogP contribution < -0.4 is 5.32 Å². The third kappa shape index (κ3) is 4.41. The molecule has 1 N–H and O–H groups in total. The fourth-order valence-electron chi connectivity index (χ4n) is 2.38. The zero-order valence-corrected chi connectivity index (χ0v) is 14.6.